The number of aryl methyl sites for hydroxylation is 3. The van der Waals surface area contributed by atoms with Crippen molar-refractivity contribution < 1.29 is 0 Å². The predicted octanol–water partition coefficient (Wildman–Crippen LogP) is -2.09. The molecule has 0 aliphatic heterocycles. The number of hydrogen-bond donors (Lipinski definition) is 0. The van der Waals surface area contributed by atoms with E-state index in [-0.39, 0.29) is 11.2 Å². The van der Waals surface area contributed by atoms with Crippen LogP contribution in [-0.4, -0.2) is 28.7 Å². The number of aromatic nitrogens is 6. The summed E-state index contributed by atoms with van der Waals surface area (Å²) in [4.78, 5) is 32.4. The van der Waals surface area contributed by atoms with Gasteiger partial charge in [0.05, 0.1) is 0 Å². The van der Waals surface area contributed by atoms with E-state index in [1.807, 2.05) is 0 Å². The lowest BCUT2D eigenvalue weighted by molar-refractivity contribution is 0.600. The lowest BCUT2D eigenvalue weighted by Crippen LogP contribution is -2.37. The molecule has 2 rings (SSSR count). The Morgan fingerprint density at radius 2 is 1.42 bits per heavy atom. The molecule has 2 aromatic rings. The van der Waals surface area contributed by atoms with E-state index in [0.717, 1.165) is 21.3 Å². The van der Waals surface area contributed by atoms with Crippen molar-refractivity contribution in [1.29, 1.82) is 0 Å². The monoisotopic (exact) mass is 268 g/mol. The first kappa shape index (κ1) is 14.6. The van der Waals surface area contributed by atoms with E-state index in [2.05, 4.69) is 10.2 Å². The van der Waals surface area contributed by atoms with Gasteiger partial charge >= 0.3 is 11.4 Å². The van der Waals surface area contributed by atoms with Crippen LogP contribution in [0.3, 0.4) is 0 Å². The Kier molecular flexibility index (Phi) is 4.20. The summed E-state index contributed by atoms with van der Waals surface area (Å²) in [6, 6.07) is 0. The summed E-state index contributed by atoms with van der Waals surface area (Å²) in [5, 5.41) is 7.39. The van der Waals surface area contributed by atoms with Crippen LogP contribution >= 0.6 is 0 Å². The molecule has 104 valence electrons. The smallest absolute Gasteiger partial charge is 0.282 e. The van der Waals surface area contributed by atoms with Crippen LogP contribution in [0.5, 0.6) is 0 Å². The summed E-state index contributed by atoms with van der Waals surface area (Å²) in [6.07, 6.45) is 1.10. The molecule has 0 saturated heterocycles. The van der Waals surface area contributed by atoms with Crippen LogP contribution in [0.25, 0.3) is 0 Å². The van der Waals surface area contributed by atoms with Crippen molar-refractivity contribution in [3.05, 3.63) is 43.3 Å². The molecular weight excluding hydrogens is 252 g/mol. The number of nitrogens with zero attached hydrogens (tertiary/aromatic N) is 6. The molecule has 0 spiro atoms. The zero-order chi connectivity index (χ0) is 14.7. The first-order valence-corrected chi connectivity index (χ1v) is 5.41. The first-order chi connectivity index (χ1) is 8.75. The van der Waals surface area contributed by atoms with Gasteiger partial charge in [-0.1, -0.05) is 0 Å². The highest BCUT2D eigenvalue weighted by Crippen LogP contribution is 1.80. The maximum Gasteiger partial charge on any atom is 0.346 e. The van der Waals surface area contributed by atoms with Gasteiger partial charge in [0.15, 0.2) is 0 Å². The fourth-order valence-electron chi connectivity index (χ4n) is 1.27. The maximum absolute atomic E-state index is 10.9. The zero-order valence-corrected chi connectivity index (χ0v) is 11.5. The molecule has 0 unspecified atom stereocenters. The van der Waals surface area contributed by atoms with E-state index >= 15 is 0 Å². The summed E-state index contributed by atoms with van der Waals surface area (Å²) in [5.41, 5.74) is -0.872. The number of rotatable bonds is 0. The highest BCUT2D eigenvalue weighted by Gasteiger charge is 1.99. The molecule has 0 aromatic carbocycles. The van der Waals surface area contributed by atoms with Crippen molar-refractivity contribution in [3.63, 3.8) is 0 Å². The molecule has 0 aliphatic rings. The topological polar surface area (TPSA) is 96.7 Å². The zero-order valence-electron chi connectivity index (χ0n) is 11.5. The fourth-order valence-corrected chi connectivity index (χ4v) is 1.27. The molecule has 9 heteroatoms. The second-order valence-corrected chi connectivity index (χ2v) is 3.96. The molecule has 0 fully saturated rings. The molecule has 19 heavy (non-hydrogen) atoms. The molecule has 9 nitrogen and oxygen atoms in total. The first-order valence-electron chi connectivity index (χ1n) is 5.41. The largest absolute Gasteiger partial charge is 0.346 e. The van der Waals surface area contributed by atoms with Gasteiger partial charge < -0.3 is 0 Å². The average Bonchev–Trinajstić information content (AvgIpc) is 2.59. The average molecular weight is 268 g/mol. The third-order valence-electron chi connectivity index (χ3n) is 2.58. The summed E-state index contributed by atoms with van der Waals surface area (Å²) in [6.45, 7) is 1.79. The second-order valence-electron chi connectivity index (χ2n) is 3.96. The van der Waals surface area contributed by atoms with Gasteiger partial charge in [0.25, 0.3) is 5.56 Å². The SMILES string of the molecule is Cc1nn(C)c(=O)n1C.Cn1ncc(=O)n(C)c1=O. The molecule has 0 amide bonds. The fraction of sp³-hybridized carbons (Fsp3) is 0.500. The summed E-state index contributed by atoms with van der Waals surface area (Å²) < 4.78 is 4.91. The molecule has 0 radical (unpaired) electrons. The Labute approximate surface area is 108 Å². The van der Waals surface area contributed by atoms with E-state index in [0.29, 0.717) is 0 Å². The molecule has 0 aliphatic carbocycles. The van der Waals surface area contributed by atoms with Gasteiger partial charge in [0.1, 0.15) is 12.0 Å². The van der Waals surface area contributed by atoms with Crippen molar-refractivity contribution in [2.75, 3.05) is 0 Å². The van der Waals surface area contributed by atoms with Crippen LogP contribution in [0.15, 0.2) is 20.6 Å². The van der Waals surface area contributed by atoms with Gasteiger partial charge in [-0.3, -0.25) is 13.9 Å². The van der Waals surface area contributed by atoms with Gasteiger partial charge in [-0.2, -0.15) is 10.2 Å². The van der Waals surface area contributed by atoms with Gasteiger partial charge in [0, 0.05) is 28.2 Å². The minimum atomic E-state index is -0.410. The minimum absolute atomic E-state index is 0.0764. The standard InChI is InChI=1S/C5H7N3O2.C5H9N3O/c1-7-4(9)3-6-8(2)5(7)10;1-4-6-8(3)5(9)7(4)2/h3H,1-2H3;1-3H3. The van der Waals surface area contributed by atoms with Crippen LogP contribution in [0.4, 0.5) is 0 Å². The Balaban J connectivity index is 0.000000191. The summed E-state index contributed by atoms with van der Waals surface area (Å²) in [5.74, 6) is 0.738. The summed E-state index contributed by atoms with van der Waals surface area (Å²) in [7, 11) is 6.23. The number of hydrogen-bond acceptors (Lipinski definition) is 5. The van der Waals surface area contributed by atoms with E-state index < -0.39 is 5.69 Å². The predicted molar refractivity (Wildman–Crippen MR) is 67.9 cm³/mol. The lowest BCUT2D eigenvalue weighted by Gasteiger charge is -1.96. The molecule has 2 heterocycles. The second kappa shape index (κ2) is 5.46. The van der Waals surface area contributed by atoms with Crippen LogP contribution in [0, 0.1) is 6.92 Å². The molecule has 0 bridgehead atoms. The Hall–Kier alpha value is -2.45. The molecule has 0 atom stereocenters. The van der Waals surface area contributed by atoms with Crippen molar-refractivity contribution in [1.82, 2.24) is 28.7 Å². The quantitative estimate of drug-likeness (QED) is 0.545. The molecule has 2 aromatic heterocycles. The van der Waals surface area contributed by atoms with Crippen molar-refractivity contribution in [2.45, 2.75) is 6.92 Å². The van der Waals surface area contributed by atoms with Gasteiger partial charge in [-0.05, 0) is 6.92 Å². The maximum atomic E-state index is 10.9. The van der Waals surface area contributed by atoms with E-state index in [1.54, 1.807) is 21.0 Å². The van der Waals surface area contributed by atoms with Gasteiger partial charge in [-0.15, -0.1) is 0 Å². The Morgan fingerprint density at radius 1 is 0.895 bits per heavy atom. The third kappa shape index (κ3) is 3.06. The van der Waals surface area contributed by atoms with E-state index in [4.69, 9.17) is 0 Å². The molecular formula is C10H16N6O3. The highest BCUT2D eigenvalue weighted by atomic mass is 16.2. The van der Waals surface area contributed by atoms with Crippen LogP contribution < -0.4 is 16.9 Å². The van der Waals surface area contributed by atoms with Crippen LogP contribution in [0.2, 0.25) is 0 Å². The Bertz CT molecular complexity index is 748. The van der Waals surface area contributed by atoms with Gasteiger partial charge in [-0.25, -0.2) is 19.0 Å². The minimum Gasteiger partial charge on any atom is -0.282 e. The summed E-state index contributed by atoms with van der Waals surface area (Å²) >= 11 is 0. The normalized spacial score (nSPS) is 9.95. The highest BCUT2D eigenvalue weighted by molar-refractivity contribution is 4.79. The third-order valence-corrected chi connectivity index (χ3v) is 2.58. The van der Waals surface area contributed by atoms with E-state index in [1.165, 1.54) is 23.3 Å². The van der Waals surface area contributed by atoms with Crippen LogP contribution in [-0.2, 0) is 28.2 Å². The van der Waals surface area contributed by atoms with E-state index in [9.17, 15) is 14.4 Å². The lowest BCUT2D eigenvalue weighted by atomic mass is 10.7. The Morgan fingerprint density at radius 3 is 1.74 bits per heavy atom. The molecule has 0 saturated carbocycles. The van der Waals surface area contributed by atoms with Crippen molar-refractivity contribution in [3.8, 4) is 0 Å². The van der Waals surface area contributed by atoms with Crippen molar-refractivity contribution >= 4 is 0 Å². The van der Waals surface area contributed by atoms with Gasteiger partial charge in [0.2, 0.25) is 0 Å². The van der Waals surface area contributed by atoms with Crippen molar-refractivity contribution in [2.24, 2.45) is 28.2 Å². The van der Waals surface area contributed by atoms with Crippen LogP contribution in [0.1, 0.15) is 5.82 Å². The molecule has 0 N–H and O–H groups in total.